The molecule has 0 N–H and O–H groups in total. The van der Waals surface area contributed by atoms with Gasteiger partial charge in [0.1, 0.15) is 0 Å². The maximum Gasteiger partial charge on any atom is 0.212 e. The zero-order chi connectivity index (χ0) is 7.84. The molecule has 0 saturated carbocycles. The Morgan fingerprint density at radius 2 is 2.27 bits per heavy atom. The fourth-order valence-electron chi connectivity index (χ4n) is 0.831. The van der Waals surface area contributed by atoms with Gasteiger partial charge >= 0.3 is 0 Å². The van der Waals surface area contributed by atoms with Gasteiger partial charge in [0.25, 0.3) is 0 Å². The van der Waals surface area contributed by atoms with Gasteiger partial charge in [-0.2, -0.15) is 0 Å². The Hall–Kier alpha value is -0.170. The van der Waals surface area contributed by atoms with Crippen molar-refractivity contribution in [2.24, 2.45) is 0 Å². The Balaban J connectivity index is 2.82. The molecule has 0 fully saturated rings. The molecule has 0 spiro atoms. The minimum Gasteiger partial charge on any atom is -0.219 e. The maximum atomic E-state index is 4.17. The van der Waals surface area contributed by atoms with E-state index in [0.29, 0.717) is 0 Å². The van der Waals surface area contributed by atoms with Crippen molar-refractivity contribution in [3.8, 4) is 0 Å². The molecular formula is C6H3BrIN3. The Labute approximate surface area is 85.1 Å². The van der Waals surface area contributed by atoms with E-state index in [2.05, 4.69) is 48.6 Å². The summed E-state index contributed by atoms with van der Waals surface area (Å²) in [6.07, 6.45) is 1.88. The largest absolute Gasteiger partial charge is 0.219 e. The number of nitrogens with zero attached hydrogens (tertiary/aromatic N) is 3. The Morgan fingerprint density at radius 3 is 3.09 bits per heavy atom. The molecule has 2 rings (SSSR count). The minimum atomic E-state index is 0.765. The molecule has 0 aliphatic heterocycles. The van der Waals surface area contributed by atoms with Crippen LogP contribution in [-0.4, -0.2) is 14.6 Å². The molecule has 0 radical (unpaired) electrons. The zero-order valence-electron chi connectivity index (χ0n) is 5.33. The molecule has 0 amide bonds. The van der Waals surface area contributed by atoms with E-state index in [0.717, 1.165) is 14.0 Å². The summed E-state index contributed by atoms with van der Waals surface area (Å²) in [5, 5.41) is 4.14. The van der Waals surface area contributed by atoms with Crippen LogP contribution < -0.4 is 0 Å². The first-order valence-electron chi connectivity index (χ1n) is 2.93. The molecule has 0 atom stereocenters. The lowest BCUT2D eigenvalue weighted by Gasteiger charge is -1.89. The molecule has 0 bridgehead atoms. The fraction of sp³-hybridized carbons (Fsp3) is 0. The standard InChI is InChI=1S/C6H3BrIN3/c7-4-1-2-5-9-6(8)10-11(5)3-4/h1-3H. The fourth-order valence-corrected chi connectivity index (χ4v) is 1.64. The Bertz CT molecular complexity index is 398. The highest BCUT2D eigenvalue weighted by Gasteiger charge is 1.98. The summed E-state index contributed by atoms with van der Waals surface area (Å²) in [7, 11) is 0. The van der Waals surface area contributed by atoms with Gasteiger partial charge in [0.15, 0.2) is 5.65 Å². The molecule has 0 saturated heterocycles. The van der Waals surface area contributed by atoms with Gasteiger partial charge in [-0.25, -0.2) is 9.50 Å². The molecule has 2 aromatic heterocycles. The van der Waals surface area contributed by atoms with Crippen molar-refractivity contribution in [2.75, 3.05) is 0 Å². The predicted octanol–water partition coefficient (Wildman–Crippen LogP) is 2.10. The zero-order valence-corrected chi connectivity index (χ0v) is 9.07. The molecule has 3 nitrogen and oxygen atoms in total. The first-order chi connectivity index (χ1) is 5.25. The summed E-state index contributed by atoms with van der Waals surface area (Å²) in [6.45, 7) is 0. The summed E-state index contributed by atoms with van der Waals surface area (Å²) < 4.78 is 3.51. The number of pyridine rings is 1. The Kier molecular flexibility index (Phi) is 1.84. The molecule has 56 valence electrons. The monoisotopic (exact) mass is 323 g/mol. The van der Waals surface area contributed by atoms with Gasteiger partial charge in [-0.1, -0.05) is 0 Å². The molecule has 11 heavy (non-hydrogen) atoms. The maximum absolute atomic E-state index is 4.17. The summed E-state index contributed by atoms with van der Waals surface area (Å²) in [5.74, 6) is 0. The van der Waals surface area contributed by atoms with Crippen molar-refractivity contribution in [3.05, 3.63) is 26.6 Å². The average molecular weight is 324 g/mol. The van der Waals surface area contributed by atoms with E-state index in [1.54, 1.807) is 4.52 Å². The number of hydrogen-bond acceptors (Lipinski definition) is 2. The van der Waals surface area contributed by atoms with Crippen molar-refractivity contribution >= 4 is 44.2 Å². The molecule has 5 heteroatoms. The van der Waals surface area contributed by atoms with Crippen molar-refractivity contribution in [3.63, 3.8) is 0 Å². The smallest absolute Gasteiger partial charge is 0.212 e. The second-order valence-corrected chi connectivity index (χ2v) is 3.91. The third kappa shape index (κ3) is 1.39. The normalized spacial score (nSPS) is 10.7. The average Bonchev–Trinajstić information content (AvgIpc) is 2.27. The van der Waals surface area contributed by atoms with Crippen LogP contribution in [0.3, 0.4) is 0 Å². The summed E-state index contributed by atoms with van der Waals surface area (Å²) >= 11 is 5.44. The highest BCUT2D eigenvalue weighted by atomic mass is 127. The highest BCUT2D eigenvalue weighted by Crippen LogP contribution is 2.10. The number of hydrogen-bond donors (Lipinski definition) is 0. The number of rotatable bonds is 0. The van der Waals surface area contributed by atoms with Crippen LogP contribution in [0.1, 0.15) is 0 Å². The number of fused-ring (bicyclic) bond motifs is 1. The molecule has 0 unspecified atom stereocenters. The number of aromatic nitrogens is 3. The molecular weight excluding hydrogens is 321 g/mol. The minimum absolute atomic E-state index is 0.765. The van der Waals surface area contributed by atoms with Crippen molar-refractivity contribution in [2.45, 2.75) is 0 Å². The highest BCUT2D eigenvalue weighted by molar-refractivity contribution is 14.1. The van der Waals surface area contributed by atoms with Gasteiger partial charge in [0, 0.05) is 33.3 Å². The van der Waals surface area contributed by atoms with Gasteiger partial charge in [-0.05, 0) is 28.1 Å². The van der Waals surface area contributed by atoms with E-state index in [1.165, 1.54) is 0 Å². The Morgan fingerprint density at radius 1 is 1.45 bits per heavy atom. The summed E-state index contributed by atoms with van der Waals surface area (Å²) in [5.41, 5.74) is 0.873. The van der Waals surface area contributed by atoms with Crippen LogP contribution in [0.25, 0.3) is 5.65 Å². The van der Waals surface area contributed by atoms with Gasteiger partial charge in [0.2, 0.25) is 3.83 Å². The van der Waals surface area contributed by atoms with Crippen LogP contribution in [0.4, 0.5) is 0 Å². The van der Waals surface area contributed by atoms with Crippen LogP contribution >= 0.6 is 38.5 Å². The first kappa shape index (κ1) is 7.48. The van der Waals surface area contributed by atoms with E-state index < -0.39 is 0 Å². The van der Waals surface area contributed by atoms with E-state index in [-0.39, 0.29) is 0 Å². The van der Waals surface area contributed by atoms with Gasteiger partial charge in [-0.3, -0.25) is 0 Å². The molecule has 0 aliphatic carbocycles. The molecule has 0 aromatic carbocycles. The summed E-state index contributed by atoms with van der Waals surface area (Å²) in [4.78, 5) is 4.17. The predicted molar refractivity (Wildman–Crippen MR) is 53.4 cm³/mol. The van der Waals surface area contributed by atoms with Gasteiger partial charge in [-0.15, -0.1) is 5.10 Å². The quantitative estimate of drug-likeness (QED) is 0.695. The summed E-state index contributed by atoms with van der Waals surface area (Å²) in [6, 6.07) is 3.86. The van der Waals surface area contributed by atoms with E-state index in [4.69, 9.17) is 0 Å². The lowest BCUT2D eigenvalue weighted by atomic mass is 10.5. The van der Waals surface area contributed by atoms with Crippen molar-refractivity contribution in [1.82, 2.24) is 14.6 Å². The SMILES string of the molecule is Brc1ccc2nc(I)nn2c1. The van der Waals surface area contributed by atoms with Crippen LogP contribution in [0, 0.1) is 3.83 Å². The first-order valence-corrected chi connectivity index (χ1v) is 4.80. The lowest BCUT2D eigenvalue weighted by Crippen LogP contribution is -1.85. The second kappa shape index (κ2) is 2.71. The van der Waals surface area contributed by atoms with E-state index in [1.807, 2.05) is 18.3 Å². The van der Waals surface area contributed by atoms with Gasteiger partial charge in [0.05, 0.1) is 0 Å². The topological polar surface area (TPSA) is 30.2 Å². The van der Waals surface area contributed by atoms with E-state index >= 15 is 0 Å². The molecule has 0 aliphatic rings. The third-order valence-corrected chi connectivity index (χ3v) is 2.20. The van der Waals surface area contributed by atoms with Crippen LogP contribution in [0.2, 0.25) is 0 Å². The van der Waals surface area contributed by atoms with Gasteiger partial charge < -0.3 is 0 Å². The van der Waals surface area contributed by atoms with Crippen molar-refractivity contribution < 1.29 is 0 Å². The lowest BCUT2D eigenvalue weighted by molar-refractivity contribution is 0.939. The van der Waals surface area contributed by atoms with Crippen LogP contribution in [0.5, 0.6) is 0 Å². The van der Waals surface area contributed by atoms with Crippen LogP contribution in [-0.2, 0) is 0 Å². The second-order valence-electron chi connectivity index (χ2n) is 2.03. The van der Waals surface area contributed by atoms with Crippen LogP contribution in [0.15, 0.2) is 22.8 Å². The van der Waals surface area contributed by atoms with E-state index in [9.17, 15) is 0 Å². The van der Waals surface area contributed by atoms with Crippen molar-refractivity contribution in [1.29, 1.82) is 0 Å². The third-order valence-electron chi connectivity index (χ3n) is 1.27. The number of halogens is 2. The molecule has 2 heterocycles. The molecule has 2 aromatic rings.